The second-order valence-electron chi connectivity index (χ2n) is 6.78. The largest absolute Gasteiger partial charge is 0.302 e. The summed E-state index contributed by atoms with van der Waals surface area (Å²) in [4.78, 5) is 21.7. The molecular weight excluding hydrogens is 332 g/mol. The summed E-state index contributed by atoms with van der Waals surface area (Å²) in [6, 6.07) is 6.13. The molecule has 0 aliphatic carbocycles. The minimum atomic E-state index is 0.0603. The molecule has 1 aromatic carbocycles. The van der Waals surface area contributed by atoms with Gasteiger partial charge < -0.3 is 15.1 Å². The zero-order chi connectivity index (χ0) is 17.6. The van der Waals surface area contributed by atoms with Gasteiger partial charge in [-0.25, -0.2) is 4.98 Å². The highest BCUT2D eigenvalue weighted by Crippen LogP contribution is 2.27. The molecule has 6 heteroatoms. The maximum atomic E-state index is 12.2. The Kier molecular flexibility index (Phi) is 6.39. The van der Waals surface area contributed by atoms with Gasteiger partial charge in [-0.3, -0.25) is 4.79 Å². The number of hydrogen-bond acceptors (Lipinski definition) is 5. The first kappa shape index (κ1) is 18.3. The third-order valence-electron chi connectivity index (χ3n) is 4.81. The van der Waals surface area contributed by atoms with Crippen LogP contribution in [0.3, 0.4) is 0 Å². The van der Waals surface area contributed by atoms with Crippen LogP contribution in [-0.2, 0) is 4.79 Å². The molecular formula is C19H28N4OS. The van der Waals surface area contributed by atoms with Crippen LogP contribution in [0, 0.1) is 6.92 Å². The van der Waals surface area contributed by atoms with Gasteiger partial charge in [0.2, 0.25) is 5.91 Å². The molecule has 1 aromatic heterocycles. The molecule has 136 valence electrons. The van der Waals surface area contributed by atoms with Crippen molar-refractivity contribution in [1.82, 2.24) is 14.8 Å². The molecule has 0 spiro atoms. The van der Waals surface area contributed by atoms with Gasteiger partial charge in [-0.2, -0.15) is 0 Å². The van der Waals surface area contributed by atoms with Gasteiger partial charge in [0.25, 0.3) is 0 Å². The van der Waals surface area contributed by atoms with Crippen molar-refractivity contribution >= 4 is 32.6 Å². The number of benzene rings is 1. The number of unbranched alkanes of at least 4 members (excludes halogenated alkanes) is 1. The fourth-order valence-corrected chi connectivity index (χ4v) is 4.16. The van der Waals surface area contributed by atoms with Crippen LogP contribution in [0.4, 0.5) is 5.13 Å². The van der Waals surface area contributed by atoms with Crippen LogP contribution in [0.1, 0.15) is 31.7 Å². The maximum Gasteiger partial charge on any atom is 0.227 e. The van der Waals surface area contributed by atoms with Crippen LogP contribution in [0.2, 0.25) is 0 Å². The van der Waals surface area contributed by atoms with E-state index in [9.17, 15) is 4.79 Å². The van der Waals surface area contributed by atoms with E-state index < -0.39 is 0 Å². The molecule has 3 rings (SSSR count). The van der Waals surface area contributed by atoms with Gasteiger partial charge in [0.1, 0.15) is 0 Å². The fraction of sp³-hybridized carbons (Fsp3) is 0.579. The summed E-state index contributed by atoms with van der Waals surface area (Å²) in [5, 5.41) is 3.67. The molecule has 25 heavy (non-hydrogen) atoms. The lowest BCUT2D eigenvalue weighted by atomic mass is 10.2. The second kappa shape index (κ2) is 8.74. The number of fused-ring (bicyclic) bond motifs is 1. The lowest BCUT2D eigenvalue weighted by Crippen LogP contribution is -2.47. The number of nitrogens with zero attached hydrogens (tertiary/aromatic N) is 3. The Hall–Kier alpha value is -1.50. The number of rotatable bonds is 7. The molecule has 0 atom stereocenters. The lowest BCUT2D eigenvalue weighted by Gasteiger charge is -2.34. The molecule has 1 fully saturated rings. The van der Waals surface area contributed by atoms with E-state index >= 15 is 0 Å². The van der Waals surface area contributed by atoms with E-state index in [0.717, 1.165) is 48.5 Å². The van der Waals surface area contributed by atoms with Gasteiger partial charge >= 0.3 is 0 Å². The monoisotopic (exact) mass is 360 g/mol. The number of nitrogens with one attached hydrogen (secondary N) is 1. The van der Waals surface area contributed by atoms with Gasteiger partial charge in [0.05, 0.1) is 10.2 Å². The SMILES string of the molecule is CCCCN1CCN(CCC(=O)Nc2nc3c(C)cccc3s2)CC1. The third kappa shape index (κ3) is 5.00. The first-order valence-corrected chi connectivity index (χ1v) is 10.1. The predicted molar refractivity (Wildman–Crippen MR) is 105 cm³/mol. The number of amides is 1. The van der Waals surface area contributed by atoms with Crippen molar-refractivity contribution in [2.24, 2.45) is 0 Å². The Bertz CT molecular complexity index is 707. The highest BCUT2D eigenvalue weighted by atomic mass is 32.1. The molecule has 0 unspecified atom stereocenters. The molecule has 0 radical (unpaired) electrons. The number of hydrogen-bond donors (Lipinski definition) is 1. The highest BCUT2D eigenvalue weighted by molar-refractivity contribution is 7.22. The van der Waals surface area contributed by atoms with Gasteiger partial charge in [-0.05, 0) is 31.5 Å². The Morgan fingerprint density at radius 3 is 2.60 bits per heavy atom. The summed E-state index contributed by atoms with van der Waals surface area (Å²) < 4.78 is 1.12. The van der Waals surface area contributed by atoms with Crippen LogP contribution in [-0.4, -0.2) is 60.0 Å². The van der Waals surface area contributed by atoms with Crippen molar-refractivity contribution in [1.29, 1.82) is 0 Å². The predicted octanol–water partition coefficient (Wildman–Crippen LogP) is 3.35. The second-order valence-corrected chi connectivity index (χ2v) is 7.81. The van der Waals surface area contributed by atoms with Crippen molar-refractivity contribution < 1.29 is 4.79 Å². The van der Waals surface area contributed by atoms with E-state index in [2.05, 4.69) is 27.0 Å². The fourth-order valence-electron chi connectivity index (χ4n) is 3.20. The molecule has 1 aliphatic heterocycles. The third-order valence-corrected chi connectivity index (χ3v) is 5.75. The number of carbonyl (C=O) groups is 1. The molecule has 2 aromatic rings. The quantitative estimate of drug-likeness (QED) is 0.823. The van der Waals surface area contributed by atoms with E-state index in [4.69, 9.17) is 0 Å². The number of piperazine rings is 1. The topological polar surface area (TPSA) is 48.5 Å². The van der Waals surface area contributed by atoms with Crippen LogP contribution >= 0.6 is 11.3 Å². The lowest BCUT2D eigenvalue weighted by molar-refractivity contribution is -0.116. The van der Waals surface area contributed by atoms with E-state index in [1.54, 1.807) is 11.3 Å². The smallest absolute Gasteiger partial charge is 0.227 e. The van der Waals surface area contributed by atoms with Gasteiger partial charge in [0, 0.05) is 39.1 Å². The Morgan fingerprint density at radius 2 is 1.92 bits per heavy atom. The van der Waals surface area contributed by atoms with Crippen molar-refractivity contribution in [3.63, 3.8) is 0 Å². The molecule has 0 bridgehead atoms. The molecule has 2 heterocycles. The minimum Gasteiger partial charge on any atom is -0.302 e. The highest BCUT2D eigenvalue weighted by Gasteiger charge is 2.17. The minimum absolute atomic E-state index is 0.0603. The maximum absolute atomic E-state index is 12.2. The summed E-state index contributed by atoms with van der Waals surface area (Å²) in [5.74, 6) is 0.0603. The van der Waals surface area contributed by atoms with Crippen molar-refractivity contribution in [3.8, 4) is 0 Å². The molecule has 5 nitrogen and oxygen atoms in total. The van der Waals surface area contributed by atoms with Gasteiger partial charge in [-0.15, -0.1) is 0 Å². The number of aryl methyl sites for hydroxylation is 1. The van der Waals surface area contributed by atoms with Crippen LogP contribution in [0.25, 0.3) is 10.2 Å². The molecule has 0 saturated carbocycles. The van der Waals surface area contributed by atoms with Crippen LogP contribution < -0.4 is 5.32 Å². The van der Waals surface area contributed by atoms with Gasteiger partial charge in [-0.1, -0.05) is 36.8 Å². The summed E-state index contributed by atoms with van der Waals surface area (Å²) in [6.07, 6.45) is 3.07. The van der Waals surface area contributed by atoms with Crippen molar-refractivity contribution in [2.45, 2.75) is 33.1 Å². The summed E-state index contributed by atoms with van der Waals surface area (Å²) in [6.45, 7) is 10.7. The number of aromatic nitrogens is 1. The van der Waals surface area contributed by atoms with E-state index in [1.165, 1.54) is 19.4 Å². The van der Waals surface area contributed by atoms with Crippen molar-refractivity contribution in [2.75, 3.05) is 44.6 Å². The average molecular weight is 361 g/mol. The molecule has 1 amide bonds. The zero-order valence-corrected chi connectivity index (χ0v) is 16.1. The molecule has 1 saturated heterocycles. The first-order valence-electron chi connectivity index (χ1n) is 9.26. The first-order chi connectivity index (χ1) is 12.2. The summed E-state index contributed by atoms with van der Waals surface area (Å²) in [5.41, 5.74) is 2.14. The average Bonchev–Trinajstić information content (AvgIpc) is 3.03. The molecule has 1 aliphatic rings. The zero-order valence-electron chi connectivity index (χ0n) is 15.3. The summed E-state index contributed by atoms with van der Waals surface area (Å²) in [7, 11) is 0. The van der Waals surface area contributed by atoms with Gasteiger partial charge in [0.15, 0.2) is 5.13 Å². The number of thiazole rings is 1. The standard InChI is InChI=1S/C19H28N4OS/c1-3-4-9-22-11-13-23(14-12-22)10-8-17(24)20-19-21-18-15(2)6-5-7-16(18)25-19/h5-7H,3-4,8-14H2,1-2H3,(H,20,21,24). The number of carbonyl (C=O) groups excluding carboxylic acids is 1. The Labute approximate surface area is 154 Å². The molecule has 1 N–H and O–H groups in total. The number of anilines is 1. The Balaban J connectivity index is 1.43. The summed E-state index contributed by atoms with van der Waals surface area (Å²) >= 11 is 1.55. The van der Waals surface area contributed by atoms with Crippen LogP contribution in [0.15, 0.2) is 18.2 Å². The van der Waals surface area contributed by atoms with E-state index in [1.807, 2.05) is 25.1 Å². The van der Waals surface area contributed by atoms with Crippen LogP contribution in [0.5, 0.6) is 0 Å². The number of para-hydroxylation sites is 1. The van der Waals surface area contributed by atoms with E-state index in [-0.39, 0.29) is 5.91 Å². The Morgan fingerprint density at radius 1 is 1.20 bits per heavy atom. The normalized spacial score (nSPS) is 16.4. The van der Waals surface area contributed by atoms with Crippen molar-refractivity contribution in [3.05, 3.63) is 23.8 Å². The van der Waals surface area contributed by atoms with E-state index in [0.29, 0.717) is 11.6 Å².